The van der Waals surface area contributed by atoms with Crippen LogP contribution in [0.5, 0.6) is 5.75 Å². The Kier molecular flexibility index (Phi) is 4.14. The van der Waals surface area contributed by atoms with E-state index in [1.807, 2.05) is 42.5 Å². The second-order valence-electron chi connectivity index (χ2n) is 6.22. The second-order valence-corrected chi connectivity index (χ2v) is 7.13. The summed E-state index contributed by atoms with van der Waals surface area (Å²) in [7, 11) is 1.67. The van der Waals surface area contributed by atoms with Crippen LogP contribution in [-0.4, -0.2) is 12.1 Å². The number of nitrogen functional groups attached to an aromatic ring is 1. The summed E-state index contributed by atoms with van der Waals surface area (Å²) in [6.45, 7) is 0. The number of hydrogen-bond donors (Lipinski definition) is 1. The Balaban J connectivity index is 2.00. The van der Waals surface area contributed by atoms with Gasteiger partial charge in [-0.1, -0.05) is 28.1 Å². The van der Waals surface area contributed by atoms with Gasteiger partial charge in [-0.05, 0) is 59.9 Å². The highest BCUT2D eigenvalue weighted by atomic mass is 79.9. The Morgan fingerprint density at radius 2 is 1.92 bits per heavy atom. The number of nitrogens with zero attached hydrogens (tertiary/aromatic N) is 2. The third-order valence-electron chi connectivity index (χ3n) is 4.78. The molecule has 1 heterocycles. The van der Waals surface area contributed by atoms with Crippen LogP contribution in [0.2, 0.25) is 0 Å². The molecule has 4 nitrogen and oxygen atoms in total. The van der Waals surface area contributed by atoms with Gasteiger partial charge in [-0.3, -0.25) is 0 Å². The number of ether oxygens (including phenoxy) is 1. The van der Waals surface area contributed by atoms with Crippen molar-refractivity contribution in [3.05, 3.63) is 63.6 Å². The van der Waals surface area contributed by atoms with Gasteiger partial charge in [0.2, 0.25) is 0 Å². The quantitative estimate of drug-likeness (QED) is 0.668. The molecule has 0 fully saturated rings. The molecule has 0 amide bonds. The number of pyridine rings is 1. The van der Waals surface area contributed by atoms with Crippen LogP contribution in [0.25, 0.3) is 22.4 Å². The van der Waals surface area contributed by atoms with Crippen molar-refractivity contribution in [3.63, 3.8) is 0 Å². The maximum atomic E-state index is 9.68. The summed E-state index contributed by atoms with van der Waals surface area (Å²) in [5.74, 6) is 1.11. The molecule has 3 aromatic rings. The van der Waals surface area contributed by atoms with E-state index < -0.39 is 0 Å². The zero-order valence-corrected chi connectivity index (χ0v) is 15.8. The van der Waals surface area contributed by atoms with Crippen molar-refractivity contribution >= 4 is 21.7 Å². The van der Waals surface area contributed by atoms with Gasteiger partial charge in [-0.15, -0.1) is 0 Å². The van der Waals surface area contributed by atoms with Crippen molar-refractivity contribution in [1.29, 1.82) is 5.26 Å². The summed E-state index contributed by atoms with van der Waals surface area (Å²) >= 11 is 3.46. The van der Waals surface area contributed by atoms with Gasteiger partial charge in [0.1, 0.15) is 23.2 Å². The Morgan fingerprint density at radius 3 is 2.62 bits per heavy atom. The van der Waals surface area contributed by atoms with Gasteiger partial charge < -0.3 is 10.5 Å². The molecule has 26 heavy (non-hydrogen) atoms. The Hall–Kier alpha value is -2.84. The lowest BCUT2D eigenvalue weighted by molar-refractivity contribution is 0.414. The third-order valence-corrected chi connectivity index (χ3v) is 5.31. The third kappa shape index (κ3) is 2.63. The zero-order valence-electron chi connectivity index (χ0n) is 14.2. The molecule has 0 aliphatic heterocycles. The van der Waals surface area contributed by atoms with Crippen LogP contribution in [0, 0.1) is 11.3 Å². The molecule has 0 atom stereocenters. The van der Waals surface area contributed by atoms with E-state index in [-0.39, 0.29) is 5.82 Å². The van der Waals surface area contributed by atoms with Gasteiger partial charge in [-0.2, -0.15) is 5.26 Å². The topological polar surface area (TPSA) is 71.9 Å². The molecule has 5 heteroatoms. The number of halogens is 1. The van der Waals surface area contributed by atoms with Crippen LogP contribution in [0.4, 0.5) is 5.82 Å². The fourth-order valence-electron chi connectivity index (χ4n) is 3.55. The van der Waals surface area contributed by atoms with E-state index in [0.717, 1.165) is 51.0 Å². The molecule has 1 aliphatic rings. The van der Waals surface area contributed by atoms with Crippen molar-refractivity contribution in [2.45, 2.75) is 12.8 Å². The minimum absolute atomic E-state index is 0.271. The number of aryl methyl sites for hydroxylation is 1. The Labute approximate surface area is 160 Å². The summed E-state index contributed by atoms with van der Waals surface area (Å²) in [5.41, 5.74) is 12.7. The largest absolute Gasteiger partial charge is 0.497 e. The number of benzene rings is 2. The minimum atomic E-state index is 0.271. The Bertz CT molecular complexity index is 1050. The van der Waals surface area contributed by atoms with E-state index in [2.05, 4.69) is 27.0 Å². The molecule has 0 saturated carbocycles. The van der Waals surface area contributed by atoms with Crippen LogP contribution >= 0.6 is 15.9 Å². The van der Waals surface area contributed by atoms with Crippen LogP contribution in [-0.2, 0) is 12.8 Å². The molecule has 0 radical (unpaired) electrons. The van der Waals surface area contributed by atoms with Gasteiger partial charge in [0, 0.05) is 15.6 Å². The molecule has 0 spiro atoms. The highest BCUT2D eigenvalue weighted by Gasteiger charge is 2.25. The van der Waals surface area contributed by atoms with Crippen LogP contribution in [0.3, 0.4) is 0 Å². The molecule has 0 bridgehead atoms. The van der Waals surface area contributed by atoms with Crippen LogP contribution < -0.4 is 10.5 Å². The fourth-order valence-corrected chi connectivity index (χ4v) is 3.81. The van der Waals surface area contributed by atoms with E-state index in [4.69, 9.17) is 10.5 Å². The summed E-state index contributed by atoms with van der Waals surface area (Å²) in [6, 6.07) is 16.2. The van der Waals surface area contributed by atoms with Crippen molar-refractivity contribution in [2.75, 3.05) is 12.8 Å². The number of aromatic nitrogens is 1. The lowest BCUT2D eigenvalue weighted by Gasteiger charge is -2.24. The molecule has 0 unspecified atom stereocenters. The fraction of sp³-hybridized carbons (Fsp3) is 0.143. The van der Waals surface area contributed by atoms with E-state index >= 15 is 0 Å². The number of rotatable bonds is 2. The number of fused-ring (bicyclic) bond motifs is 3. The molecule has 2 N–H and O–H groups in total. The van der Waals surface area contributed by atoms with Crippen molar-refractivity contribution < 1.29 is 4.74 Å². The van der Waals surface area contributed by atoms with Gasteiger partial charge in [-0.25, -0.2) is 4.98 Å². The number of nitrogens with two attached hydrogens (primary N) is 1. The monoisotopic (exact) mass is 405 g/mol. The zero-order chi connectivity index (χ0) is 18.3. The lowest BCUT2D eigenvalue weighted by Crippen LogP contribution is -2.11. The number of anilines is 1. The number of methoxy groups -OCH3 is 1. The van der Waals surface area contributed by atoms with E-state index in [1.54, 1.807) is 7.11 Å². The van der Waals surface area contributed by atoms with Gasteiger partial charge in [0.05, 0.1) is 12.8 Å². The molecule has 1 aliphatic carbocycles. The van der Waals surface area contributed by atoms with Crippen molar-refractivity contribution in [3.8, 4) is 34.2 Å². The summed E-state index contributed by atoms with van der Waals surface area (Å²) in [4.78, 5) is 4.59. The molecule has 1 aromatic heterocycles. The molecule has 128 valence electrons. The first-order valence-corrected chi connectivity index (χ1v) is 9.07. The first kappa shape index (κ1) is 16.6. The molecular weight excluding hydrogens is 390 g/mol. The molecule has 2 aromatic carbocycles. The normalized spacial score (nSPS) is 12.0. The molecule has 4 rings (SSSR count). The molecule has 0 saturated heterocycles. The van der Waals surface area contributed by atoms with Crippen LogP contribution in [0.1, 0.15) is 16.7 Å². The van der Waals surface area contributed by atoms with Crippen LogP contribution in [0.15, 0.2) is 46.9 Å². The number of nitriles is 1. The van der Waals surface area contributed by atoms with E-state index in [1.165, 1.54) is 5.56 Å². The lowest BCUT2D eigenvalue weighted by atomic mass is 9.83. The molecular formula is C21H16BrN3O. The highest BCUT2D eigenvalue weighted by molar-refractivity contribution is 9.10. The minimum Gasteiger partial charge on any atom is -0.497 e. The van der Waals surface area contributed by atoms with Crippen molar-refractivity contribution in [1.82, 2.24) is 4.98 Å². The first-order valence-electron chi connectivity index (χ1n) is 8.28. The van der Waals surface area contributed by atoms with E-state index in [0.29, 0.717) is 5.56 Å². The van der Waals surface area contributed by atoms with Crippen molar-refractivity contribution in [2.24, 2.45) is 0 Å². The maximum Gasteiger partial charge on any atom is 0.142 e. The summed E-state index contributed by atoms with van der Waals surface area (Å²) < 4.78 is 6.33. The van der Waals surface area contributed by atoms with Gasteiger partial charge in [0.15, 0.2) is 0 Å². The second kappa shape index (κ2) is 6.47. The van der Waals surface area contributed by atoms with Gasteiger partial charge in [0.25, 0.3) is 0 Å². The Morgan fingerprint density at radius 1 is 1.15 bits per heavy atom. The summed E-state index contributed by atoms with van der Waals surface area (Å²) in [5, 5.41) is 9.68. The highest BCUT2D eigenvalue weighted by Crippen LogP contribution is 2.42. The predicted octanol–water partition coefficient (Wildman–Crippen LogP) is 4.74. The predicted molar refractivity (Wildman–Crippen MR) is 106 cm³/mol. The van der Waals surface area contributed by atoms with Gasteiger partial charge >= 0.3 is 0 Å². The summed E-state index contributed by atoms with van der Waals surface area (Å²) in [6.07, 6.45) is 1.68. The standard InChI is InChI=1S/C21H16BrN3O/c1-26-15-7-9-16-13(10-15)4-8-17-19(12-2-5-14(22)6-3-12)18(11-23)21(24)25-20(16)17/h2-3,5-7,9-10H,4,8H2,1H3,(H2,24,25). The number of hydrogen-bond acceptors (Lipinski definition) is 4. The SMILES string of the molecule is COc1ccc2c(c1)CCc1c-2nc(N)c(C#N)c1-c1ccc(Br)cc1. The van der Waals surface area contributed by atoms with E-state index in [9.17, 15) is 5.26 Å². The first-order chi connectivity index (χ1) is 12.6. The average molecular weight is 406 g/mol. The smallest absolute Gasteiger partial charge is 0.142 e. The maximum absolute atomic E-state index is 9.68. The average Bonchev–Trinajstić information content (AvgIpc) is 2.67.